The molecule has 0 unspecified atom stereocenters. The lowest BCUT2D eigenvalue weighted by molar-refractivity contribution is -0.288. The highest BCUT2D eigenvalue weighted by atomic mass is 19.1. The Bertz CT molecular complexity index is 386. The van der Waals surface area contributed by atoms with Crippen LogP contribution in [0.4, 0.5) is 4.39 Å². The van der Waals surface area contributed by atoms with E-state index in [4.69, 9.17) is 19.3 Å². The Morgan fingerprint density at radius 1 is 1.30 bits per heavy atom. The van der Waals surface area contributed by atoms with Gasteiger partial charge in [0.25, 0.3) is 0 Å². The van der Waals surface area contributed by atoms with Gasteiger partial charge in [-0.3, -0.25) is 0 Å². The highest BCUT2D eigenvalue weighted by molar-refractivity contribution is 5.13. The fourth-order valence-corrected chi connectivity index (χ4v) is 2.18. The van der Waals surface area contributed by atoms with Gasteiger partial charge in [0.2, 0.25) is 0 Å². The predicted molar refractivity (Wildman–Crippen MR) is 68.7 cm³/mol. The Morgan fingerprint density at radius 2 is 2.00 bits per heavy atom. The SMILES string of the molecule is CO[C@H]1O[C@H](CO)[C@@H](O)[C@H](OCc2ccccc2)[C@@H]1F. The van der Waals surface area contributed by atoms with Gasteiger partial charge in [-0.15, -0.1) is 0 Å². The number of aliphatic hydroxyl groups excluding tert-OH is 2. The standard InChI is InChI=1S/C14H19FO5/c1-18-14-11(15)13(12(17)10(7-16)20-14)19-8-9-5-3-2-4-6-9/h2-6,10-14,16-17H,7-8H2,1H3/t10-,11+,12-,13-,14+/m1/s1. The number of methoxy groups -OCH3 is 1. The van der Waals surface area contributed by atoms with Crippen LogP contribution in [-0.2, 0) is 20.8 Å². The molecule has 0 bridgehead atoms. The summed E-state index contributed by atoms with van der Waals surface area (Å²) in [6.45, 7) is -0.267. The van der Waals surface area contributed by atoms with Crippen LogP contribution in [0.3, 0.4) is 0 Å². The number of halogens is 1. The van der Waals surface area contributed by atoms with Crippen LogP contribution >= 0.6 is 0 Å². The van der Waals surface area contributed by atoms with Gasteiger partial charge in [0.1, 0.15) is 18.3 Å². The molecule has 0 amide bonds. The number of benzene rings is 1. The predicted octanol–water partition coefficient (Wildman–Crippen LogP) is 0.634. The lowest BCUT2D eigenvalue weighted by Crippen LogP contribution is -2.58. The smallest absolute Gasteiger partial charge is 0.191 e. The molecule has 20 heavy (non-hydrogen) atoms. The van der Waals surface area contributed by atoms with Crippen LogP contribution in [0.25, 0.3) is 0 Å². The van der Waals surface area contributed by atoms with Crippen LogP contribution in [0.2, 0.25) is 0 Å². The molecule has 1 saturated heterocycles. The van der Waals surface area contributed by atoms with Crippen LogP contribution < -0.4 is 0 Å². The first-order valence-corrected chi connectivity index (χ1v) is 6.44. The molecule has 0 aliphatic carbocycles. The molecule has 1 aliphatic heterocycles. The second-order valence-electron chi connectivity index (χ2n) is 4.66. The summed E-state index contributed by atoms with van der Waals surface area (Å²) < 4.78 is 29.6. The number of rotatable bonds is 5. The van der Waals surface area contributed by atoms with Gasteiger partial charge in [0.05, 0.1) is 13.2 Å². The molecule has 0 radical (unpaired) electrons. The molecule has 6 heteroatoms. The van der Waals surface area contributed by atoms with Gasteiger partial charge in [-0.1, -0.05) is 30.3 Å². The van der Waals surface area contributed by atoms with E-state index in [0.717, 1.165) is 5.56 Å². The Labute approximate surface area is 116 Å². The maximum atomic E-state index is 14.2. The summed E-state index contributed by atoms with van der Waals surface area (Å²) in [4.78, 5) is 0. The van der Waals surface area contributed by atoms with Crippen LogP contribution in [0.15, 0.2) is 30.3 Å². The summed E-state index contributed by atoms with van der Waals surface area (Å²) in [6, 6.07) is 9.25. The Morgan fingerprint density at radius 3 is 2.60 bits per heavy atom. The van der Waals surface area contributed by atoms with E-state index in [0.29, 0.717) is 0 Å². The largest absolute Gasteiger partial charge is 0.394 e. The fourth-order valence-electron chi connectivity index (χ4n) is 2.18. The minimum atomic E-state index is -1.62. The van der Waals surface area contributed by atoms with Gasteiger partial charge in [0.15, 0.2) is 12.5 Å². The highest BCUT2D eigenvalue weighted by Gasteiger charge is 2.46. The molecule has 112 valence electrons. The van der Waals surface area contributed by atoms with Crippen LogP contribution in [0, 0.1) is 0 Å². The summed E-state index contributed by atoms with van der Waals surface area (Å²) in [5, 5.41) is 19.1. The zero-order valence-corrected chi connectivity index (χ0v) is 11.2. The van der Waals surface area contributed by atoms with E-state index in [1.54, 1.807) is 0 Å². The molecule has 0 aromatic heterocycles. The first-order valence-electron chi connectivity index (χ1n) is 6.44. The lowest BCUT2D eigenvalue weighted by atomic mass is 10.00. The summed E-state index contributed by atoms with van der Waals surface area (Å²) >= 11 is 0. The fraction of sp³-hybridized carbons (Fsp3) is 0.571. The van der Waals surface area contributed by atoms with Crippen LogP contribution in [0.1, 0.15) is 5.56 Å². The van der Waals surface area contributed by atoms with E-state index in [-0.39, 0.29) is 6.61 Å². The number of hydrogen-bond donors (Lipinski definition) is 2. The van der Waals surface area contributed by atoms with Gasteiger partial charge < -0.3 is 24.4 Å². The van der Waals surface area contributed by atoms with Crippen molar-refractivity contribution in [3.8, 4) is 0 Å². The van der Waals surface area contributed by atoms with E-state index >= 15 is 0 Å². The molecule has 0 saturated carbocycles. The molecular weight excluding hydrogens is 267 g/mol. The van der Waals surface area contributed by atoms with Crippen LogP contribution in [-0.4, -0.2) is 54.7 Å². The van der Waals surface area contributed by atoms with Crippen molar-refractivity contribution < 1.29 is 28.8 Å². The molecule has 5 nitrogen and oxygen atoms in total. The summed E-state index contributed by atoms with van der Waals surface area (Å²) in [5.41, 5.74) is 0.868. The average Bonchev–Trinajstić information content (AvgIpc) is 2.48. The monoisotopic (exact) mass is 286 g/mol. The summed E-state index contributed by atoms with van der Waals surface area (Å²) in [5.74, 6) is 0. The number of hydrogen-bond acceptors (Lipinski definition) is 5. The van der Waals surface area contributed by atoms with Crippen molar-refractivity contribution in [2.45, 2.75) is 37.4 Å². The zero-order chi connectivity index (χ0) is 14.5. The quantitative estimate of drug-likeness (QED) is 0.831. The van der Waals surface area contributed by atoms with Crippen molar-refractivity contribution in [1.29, 1.82) is 0 Å². The van der Waals surface area contributed by atoms with E-state index in [1.165, 1.54) is 7.11 Å². The molecule has 1 aromatic rings. The molecular formula is C14H19FO5. The third-order valence-corrected chi connectivity index (χ3v) is 3.30. The van der Waals surface area contributed by atoms with Gasteiger partial charge in [-0.05, 0) is 5.56 Å². The molecule has 2 rings (SSSR count). The minimum absolute atomic E-state index is 0.164. The second-order valence-corrected chi connectivity index (χ2v) is 4.66. The summed E-state index contributed by atoms with van der Waals surface area (Å²) in [7, 11) is 1.30. The lowest BCUT2D eigenvalue weighted by Gasteiger charge is -2.40. The first kappa shape index (κ1) is 15.3. The molecule has 1 heterocycles. The topological polar surface area (TPSA) is 68.2 Å². The van der Waals surface area contributed by atoms with Crippen molar-refractivity contribution in [3.63, 3.8) is 0 Å². The third-order valence-electron chi connectivity index (χ3n) is 3.30. The van der Waals surface area contributed by atoms with Crippen molar-refractivity contribution in [2.75, 3.05) is 13.7 Å². The van der Waals surface area contributed by atoms with Gasteiger partial charge in [-0.25, -0.2) is 4.39 Å². The van der Waals surface area contributed by atoms with Crippen molar-refractivity contribution in [3.05, 3.63) is 35.9 Å². The van der Waals surface area contributed by atoms with Crippen molar-refractivity contribution in [2.24, 2.45) is 0 Å². The van der Waals surface area contributed by atoms with Crippen LogP contribution in [0.5, 0.6) is 0 Å². The average molecular weight is 286 g/mol. The van der Waals surface area contributed by atoms with Crippen molar-refractivity contribution in [1.82, 2.24) is 0 Å². The maximum Gasteiger partial charge on any atom is 0.191 e. The Hall–Kier alpha value is -1.05. The van der Waals surface area contributed by atoms with E-state index in [2.05, 4.69) is 0 Å². The Balaban J connectivity index is 2.02. The number of alkyl halides is 1. The van der Waals surface area contributed by atoms with Gasteiger partial charge >= 0.3 is 0 Å². The van der Waals surface area contributed by atoms with Gasteiger partial charge in [-0.2, -0.15) is 0 Å². The molecule has 1 aromatic carbocycles. The Kier molecular flexibility index (Phi) is 5.45. The normalized spacial score (nSPS) is 34.1. The molecule has 2 N–H and O–H groups in total. The van der Waals surface area contributed by atoms with Crippen molar-refractivity contribution >= 4 is 0 Å². The molecule has 1 fully saturated rings. The molecule has 0 spiro atoms. The van der Waals surface area contributed by atoms with Gasteiger partial charge in [0, 0.05) is 7.11 Å². The maximum absolute atomic E-state index is 14.2. The molecule has 5 atom stereocenters. The first-order chi connectivity index (χ1) is 9.67. The number of ether oxygens (including phenoxy) is 3. The molecule has 1 aliphatic rings. The van der Waals surface area contributed by atoms with E-state index < -0.39 is 37.4 Å². The minimum Gasteiger partial charge on any atom is -0.394 e. The van der Waals surface area contributed by atoms with E-state index in [1.807, 2.05) is 30.3 Å². The zero-order valence-electron chi connectivity index (χ0n) is 11.2. The number of aliphatic hydroxyl groups is 2. The third kappa shape index (κ3) is 3.34. The second kappa shape index (κ2) is 7.10. The summed E-state index contributed by atoms with van der Waals surface area (Å²) in [6.07, 6.45) is -6.05. The van der Waals surface area contributed by atoms with E-state index in [9.17, 15) is 9.50 Å². The highest BCUT2D eigenvalue weighted by Crippen LogP contribution is 2.27.